The van der Waals surface area contributed by atoms with Crippen LogP contribution in [0.1, 0.15) is 31.4 Å². The molecule has 0 saturated carbocycles. The molecule has 142 valence electrons. The maximum absolute atomic E-state index is 6.38. The monoisotopic (exact) mass is 394 g/mol. The lowest BCUT2D eigenvalue weighted by Gasteiger charge is -2.17. The Hall–Kier alpha value is -1.26. The molecular weight excluding hydrogens is 367 g/mol. The van der Waals surface area contributed by atoms with Crippen LogP contribution in [0.25, 0.3) is 0 Å². The molecule has 0 saturated heterocycles. The fraction of sp³-hybridized carbons (Fsp3) is 0.429. The number of nitrogens with zero attached hydrogens (tertiary/aromatic N) is 1. The summed E-state index contributed by atoms with van der Waals surface area (Å²) < 4.78 is 5.81. The summed E-state index contributed by atoms with van der Waals surface area (Å²) in [7, 11) is 0. The first-order valence-corrected chi connectivity index (χ1v) is 9.97. The fourth-order valence-corrected chi connectivity index (χ4v) is 3.42. The zero-order valence-corrected chi connectivity index (χ0v) is 17.1. The smallest absolute Gasteiger partial charge is 0.156 e. The lowest BCUT2D eigenvalue weighted by atomic mass is 10.2. The van der Waals surface area contributed by atoms with Gasteiger partial charge in [0.05, 0.1) is 10.0 Å². The highest BCUT2D eigenvalue weighted by Gasteiger charge is 2.10. The van der Waals surface area contributed by atoms with Crippen LogP contribution in [-0.2, 0) is 13.2 Å². The van der Waals surface area contributed by atoms with Crippen molar-refractivity contribution in [2.24, 2.45) is 0 Å². The second kappa shape index (κ2) is 11.5. The molecular formula is C21H28Cl2N2O. The summed E-state index contributed by atoms with van der Waals surface area (Å²) >= 11 is 12.8. The van der Waals surface area contributed by atoms with Crippen molar-refractivity contribution < 1.29 is 4.74 Å². The summed E-state index contributed by atoms with van der Waals surface area (Å²) in [4.78, 5) is 2.42. The fourth-order valence-electron chi connectivity index (χ4n) is 2.78. The van der Waals surface area contributed by atoms with Gasteiger partial charge in [-0.05, 0) is 55.9 Å². The summed E-state index contributed by atoms with van der Waals surface area (Å²) in [6, 6.07) is 13.8. The van der Waals surface area contributed by atoms with E-state index >= 15 is 0 Å². The number of hydrogen-bond acceptors (Lipinski definition) is 3. The van der Waals surface area contributed by atoms with Crippen molar-refractivity contribution in [3.8, 4) is 5.75 Å². The van der Waals surface area contributed by atoms with E-state index in [1.54, 1.807) is 0 Å². The van der Waals surface area contributed by atoms with E-state index in [2.05, 4.69) is 24.1 Å². The Labute approximate surface area is 167 Å². The number of nitrogens with one attached hydrogen (secondary N) is 1. The second-order valence-corrected chi connectivity index (χ2v) is 7.03. The molecule has 2 rings (SSSR count). The Morgan fingerprint density at radius 2 is 1.62 bits per heavy atom. The molecule has 0 atom stereocenters. The van der Waals surface area contributed by atoms with E-state index in [0.717, 1.165) is 50.3 Å². The Morgan fingerprint density at radius 1 is 0.962 bits per heavy atom. The standard InChI is InChI=1S/C21H28Cl2N2O/c1-3-25(4-2)12-8-11-24-15-18-13-19(22)21(20(23)14-18)26-16-17-9-6-5-7-10-17/h5-7,9-10,13-14,24H,3-4,8,11-12,15-16H2,1-2H3. The van der Waals surface area contributed by atoms with Crippen molar-refractivity contribution in [2.75, 3.05) is 26.2 Å². The van der Waals surface area contributed by atoms with Gasteiger partial charge in [0.15, 0.2) is 5.75 Å². The first-order chi connectivity index (χ1) is 12.6. The van der Waals surface area contributed by atoms with Crippen LogP contribution in [0.2, 0.25) is 10.0 Å². The molecule has 0 aliphatic rings. The molecule has 0 bridgehead atoms. The third-order valence-corrected chi connectivity index (χ3v) is 4.90. The molecule has 0 aliphatic carbocycles. The number of benzene rings is 2. The lowest BCUT2D eigenvalue weighted by Crippen LogP contribution is -2.27. The van der Waals surface area contributed by atoms with Gasteiger partial charge in [-0.2, -0.15) is 0 Å². The lowest BCUT2D eigenvalue weighted by molar-refractivity contribution is 0.298. The van der Waals surface area contributed by atoms with Crippen molar-refractivity contribution in [1.29, 1.82) is 0 Å². The second-order valence-electron chi connectivity index (χ2n) is 6.22. The van der Waals surface area contributed by atoms with Crippen LogP contribution >= 0.6 is 23.2 Å². The molecule has 0 fully saturated rings. The van der Waals surface area contributed by atoms with Crippen molar-refractivity contribution in [3.63, 3.8) is 0 Å². The first kappa shape index (κ1) is 21.0. The summed E-state index contributed by atoms with van der Waals surface area (Å²) in [5, 5.41) is 4.55. The number of rotatable bonds is 11. The first-order valence-electron chi connectivity index (χ1n) is 9.21. The van der Waals surface area contributed by atoms with Crippen LogP contribution in [0.3, 0.4) is 0 Å². The molecule has 3 nitrogen and oxygen atoms in total. The largest absolute Gasteiger partial charge is 0.486 e. The molecule has 0 radical (unpaired) electrons. The summed E-state index contributed by atoms with van der Waals surface area (Å²) in [5.74, 6) is 0.544. The predicted molar refractivity (Wildman–Crippen MR) is 111 cm³/mol. The third-order valence-electron chi connectivity index (χ3n) is 4.34. The van der Waals surface area contributed by atoms with Gasteiger partial charge >= 0.3 is 0 Å². The van der Waals surface area contributed by atoms with E-state index in [1.807, 2.05) is 42.5 Å². The quantitative estimate of drug-likeness (QED) is 0.516. The van der Waals surface area contributed by atoms with E-state index in [1.165, 1.54) is 0 Å². The van der Waals surface area contributed by atoms with E-state index in [9.17, 15) is 0 Å². The highest BCUT2D eigenvalue weighted by Crippen LogP contribution is 2.34. The molecule has 1 N–H and O–H groups in total. The van der Waals surface area contributed by atoms with Crippen LogP contribution in [0.5, 0.6) is 5.75 Å². The summed E-state index contributed by atoms with van der Waals surface area (Å²) in [5.41, 5.74) is 2.15. The van der Waals surface area contributed by atoms with Gasteiger partial charge < -0.3 is 15.0 Å². The van der Waals surface area contributed by atoms with Crippen LogP contribution in [-0.4, -0.2) is 31.1 Å². The highest BCUT2D eigenvalue weighted by atomic mass is 35.5. The zero-order valence-electron chi connectivity index (χ0n) is 15.6. The Balaban J connectivity index is 1.82. The Kier molecular flexibility index (Phi) is 9.27. The molecule has 26 heavy (non-hydrogen) atoms. The number of halogens is 2. The number of ether oxygens (including phenoxy) is 1. The Bertz CT molecular complexity index is 637. The molecule has 2 aromatic carbocycles. The van der Waals surface area contributed by atoms with Crippen molar-refractivity contribution in [3.05, 3.63) is 63.6 Å². The van der Waals surface area contributed by atoms with Gasteiger partial charge in [0.1, 0.15) is 6.61 Å². The molecule has 5 heteroatoms. The maximum Gasteiger partial charge on any atom is 0.156 e. The Morgan fingerprint density at radius 3 is 2.23 bits per heavy atom. The van der Waals surface area contributed by atoms with Gasteiger partial charge in [-0.3, -0.25) is 0 Å². The SMILES string of the molecule is CCN(CC)CCCNCc1cc(Cl)c(OCc2ccccc2)c(Cl)c1. The van der Waals surface area contributed by atoms with E-state index < -0.39 is 0 Å². The average Bonchev–Trinajstić information content (AvgIpc) is 2.65. The zero-order chi connectivity index (χ0) is 18.8. The highest BCUT2D eigenvalue weighted by molar-refractivity contribution is 6.37. The molecule has 0 aliphatic heterocycles. The maximum atomic E-state index is 6.38. The normalized spacial score (nSPS) is 11.1. The van der Waals surface area contributed by atoms with Crippen LogP contribution in [0.4, 0.5) is 0 Å². The van der Waals surface area contributed by atoms with E-state index in [0.29, 0.717) is 22.4 Å². The number of hydrogen-bond donors (Lipinski definition) is 1. The van der Waals surface area contributed by atoms with Gasteiger partial charge in [0.25, 0.3) is 0 Å². The van der Waals surface area contributed by atoms with E-state index in [-0.39, 0.29) is 0 Å². The van der Waals surface area contributed by atoms with Crippen LogP contribution in [0, 0.1) is 0 Å². The van der Waals surface area contributed by atoms with Crippen molar-refractivity contribution >= 4 is 23.2 Å². The minimum Gasteiger partial charge on any atom is -0.486 e. The van der Waals surface area contributed by atoms with Crippen LogP contribution < -0.4 is 10.1 Å². The van der Waals surface area contributed by atoms with Crippen LogP contribution in [0.15, 0.2) is 42.5 Å². The summed E-state index contributed by atoms with van der Waals surface area (Å²) in [6.45, 7) is 9.88. The predicted octanol–water partition coefficient (Wildman–Crippen LogP) is 5.39. The van der Waals surface area contributed by atoms with Gasteiger partial charge in [-0.15, -0.1) is 0 Å². The molecule has 0 unspecified atom stereocenters. The molecule has 0 amide bonds. The topological polar surface area (TPSA) is 24.5 Å². The summed E-state index contributed by atoms with van der Waals surface area (Å²) in [6.07, 6.45) is 1.13. The molecule has 0 spiro atoms. The van der Waals surface area contributed by atoms with E-state index in [4.69, 9.17) is 27.9 Å². The molecule has 0 aromatic heterocycles. The van der Waals surface area contributed by atoms with Crippen molar-refractivity contribution in [2.45, 2.75) is 33.4 Å². The molecule has 2 aromatic rings. The average molecular weight is 395 g/mol. The third kappa shape index (κ3) is 6.81. The van der Waals surface area contributed by atoms with Crippen molar-refractivity contribution in [1.82, 2.24) is 10.2 Å². The van der Waals surface area contributed by atoms with Gasteiger partial charge in [0.2, 0.25) is 0 Å². The van der Waals surface area contributed by atoms with Gasteiger partial charge in [0, 0.05) is 6.54 Å². The molecule has 0 heterocycles. The van der Waals surface area contributed by atoms with Gasteiger partial charge in [-0.25, -0.2) is 0 Å². The minimum absolute atomic E-state index is 0.448. The van der Waals surface area contributed by atoms with Gasteiger partial charge in [-0.1, -0.05) is 67.4 Å². The minimum atomic E-state index is 0.448.